The van der Waals surface area contributed by atoms with Gasteiger partial charge in [-0.25, -0.2) is 0 Å². The molecular weight excluding hydrogens is 350 g/mol. The van der Waals surface area contributed by atoms with Crippen LogP contribution >= 0.6 is 11.8 Å². The van der Waals surface area contributed by atoms with Crippen molar-refractivity contribution in [3.63, 3.8) is 0 Å². The van der Waals surface area contributed by atoms with Crippen LogP contribution in [0.25, 0.3) is 0 Å². The average Bonchev–Trinajstić information content (AvgIpc) is 3.03. The van der Waals surface area contributed by atoms with Crippen LogP contribution in [0.1, 0.15) is 25.8 Å². The van der Waals surface area contributed by atoms with Crippen molar-refractivity contribution in [2.24, 2.45) is 17.3 Å². The second kappa shape index (κ2) is 8.01. The topological polar surface area (TPSA) is 66.8 Å². The number of amides is 1. The van der Waals surface area contributed by atoms with Crippen LogP contribution in [0.5, 0.6) is 0 Å². The van der Waals surface area contributed by atoms with E-state index in [1.54, 1.807) is 16.7 Å². The van der Waals surface area contributed by atoms with Gasteiger partial charge in [-0.3, -0.25) is 9.59 Å². The van der Waals surface area contributed by atoms with E-state index in [4.69, 9.17) is 4.74 Å². The number of fused-ring (bicyclic) bond motifs is 1. The van der Waals surface area contributed by atoms with Crippen molar-refractivity contribution >= 4 is 23.6 Å². The molecule has 0 radical (unpaired) electrons. The van der Waals surface area contributed by atoms with Gasteiger partial charge in [0.15, 0.2) is 0 Å². The lowest BCUT2D eigenvalue weighted by Gasteiger charge is -2.34. The summed E-state index contributed by atoms with van der Waals surface area (Å²) in [5, 5.41) is 9.64. The summed E-state index contributed by atoms with van der Waals surface area (Å²) in [6, 6.07) is 10.1. The Labute approximate surface area is 159 Å². The van der Waals surface area contributed by atoms with Gasteiger partial charge in [-0.1, -0.05) is 44.2 Å². The number of carboxylic acids is 1. The normalized spacial score (nSPS) is 26.6. The highest BCUT2D eigenvalue weighted by Crippen LogP contribution is 2.43. The predicted molar refractivity (Wildman–Crippen MR) is 102 cm³/mol. The molecule has 6 heteroatoms. The molecule has 2 saturated heterocycles. The zero-order valence-electron chi connectivity index (χ0n) is 15.4. The molecule has 2 fully saturated rings. The molecule has 3 rings (SSSR count). The fourth-order valence-electron chi connectivity index (χ4n) is 3.96. The monoisotopic (exact) mass is 377 g/mol. The number of carboxylic acid groups (broad SMARTS) is 1. The van der Waals surface area contributed by atoms with Crippen LogP contribution in [0.2, 0.25) is 0 Å². The number of nitrogens with zero attached hydrogens (tertiary/aromatic N) is 1. The molecule has 1 aromatic carbocycles. The molecule has 142 valence electrons. The van der Waals surface area contributed by atoms with Gasteiger partial charge >= 0.3 is 5.97 Å². The molecule has 1 aromatic rings. The van der Waals surface area contributed by atoms with Crippen molar-refractivity contribution in [3.05, 3.63) is 35.9 Å². The summed E-state index contributed by atoms with van der Waals surface area (Å²) in [5.74, 6) is 0.135. The van der Waals surface area contributed by atoms with Crippen LogP contribution in [0, 0.1) is 17.3 Å². The summed E-state index contributed by atoms with van der Waals surface area (Å²) < 4.78 is 5.49. The van der Waals surface area contributed by atoms with E-state index in [1.165, 1.54) is 5.56 Å². The van der Waals surface area contributed by atoms with Crippen LogP contribution in [0.4, 0.5) is 0 Å². The molecule has 0 saturated carbocycles. The molecule has 1 N–H and O–H groups in total. The molecule has 0 aliphatic carbocycles. The van der Waals surface area contributed by atoms with E-state index < -0.39 is 11.4 Å². The first kappa shape index (κ1) is 19.2. The molecule has 5 nitrogen and oxygen atoms in total. The van der Waals surface area contributed by atoms with Crippen molar-refractivity contribution in [1.82, 2.24) is 4.90 Å². The predicted octanol–water partition coefficient (Wildman–Crippen LogP) is 2.89. The fourth-order valence-corrected chi connectivity index (χ4v) is 5.20. The van der Waals surface area contributed by atoms with Crippen molar-refractivity contribution in [3.8, 4) is 0 Å². The maximum Gasteiger partial charge on any atom is 0.311 e. The van der Waals surface area contributed by atoms with Gasteiger partial charge in [0, 0.05) is 31.4 Å². The molecule has 1 amide bonds. The van der Waals surface area contributed by atoms with Gasteiger partial charge in [-0.15, -0.1) is 11.8 Å². The molecule has 1 unspecified atom stereocenters. The summed E-state index contributed by atoms with van der Waals surface area (Å²) >= 11 is 1.65. The SMILES string of the molecule is CC(C)C(SCc1ccccc1)C(=O)N1C[C@H]2COCC[C@@]2(C(=O)O)C1. The smallest absolute Gasteiger partial charge is 0.311 e. The number of rotatable bonds is 6. The Morgan fingerprint density at radius 1 is 1.35 bits per heavy atom. The quantitative estimate of drug-likeness (QED) is 0.826. The minimum Gasteiger partial charge on any atom is -0.481 e. The van der Waals surface area contributed by atoms with Crippen molar-refractivity contribution in [2.45, 2.75) is 31.3 Å². The van der Waals surface area contributed by atoms with Gasteiger partial charge in [-0.05, 0) is 17.9 Å². The van der Waals surface area contributed by atoms with Gasteiger partial charge in [0.25, 0.3) is 0 Å². The van der Waals surface area contributed by atoms with E-state index in [2.05, 4.69) is 26.0 Å². The molecule has 2 aliphatic heterocycles. The van der Waals surface area contributed by atoms with Gasteiger partial charge in [0.2, 0.25) is 5.91 Å². The number of ether oxygens (including phenoxy) is 1. The first-order valence-corrected chi connectivity index (χ1v) is 10.2. The third-order valence-electron chi connectivity index (χ3n) is 5.57. The Hall–Kier alpha value is -1.53. The summed E-state index contributed by atoms with van der Waals surface area (Å²) in [5.41, 5.74) is 0.362. The second-order valence-corrected chi connectivity index (χ2v) is 8.79. The summed E-state index contributed by atoms with van der Waals surface area (Å²) in [4.78, 5) is 26.9. The van der Waals surface area contributed by atoms with Crippen molar-refractivity contribution in [1.29, 1.82) is 0 Å². The van der Waals surface area contributed by atoms with Gasteiger partial charge in [-0.2, -0.15) is 0 Å². The second-order valence-electron chi connectivity index (χ2n) is 7.66. The number of carbonyl (C=O) groups is 2. The number of aliphatic carboxylic acids is 1. The number of carbonyl (C=O) groups excluding carboxylic acids is 1. The minimum atomic E-state index is -0.834. The lowest BCUT2D eigenvalue weighted by Crippen LogP contribution is -2.45. The first-order valence-electron chi connectivity index (χ1n) is 9.19. The van der Waals surface area contributed by atoms with Crippen LogP contribution in [0.3, 0.4) is 0 Å². The summed E-state index contributed by atoms with van der Waals surface area (Å²) in [6.07, 6.45) is 0.486. The van der Waals surface area contributed by atoms with E-state index in [0.29, 0.717) is 32.7 Å². The molecule has 3 atom stereocenters. The maximum atomic E-state index is 13.2. The average molecular weight is 378 g/mol. The molecule has 0 aromatic heterocycles. The zero-order chi connectivity index (χ0) is 18.7. The standard InChI is InChI=1S/C20H27NO4S/c1-14(2)17(26-12-15-6-4-3-5-7-15)18(22)21-10-16-11-25-9-8-20(16,13-21)19(23)24/h3-7,14,16-17H,8-13H2,1-2H3,(H,23,24)/t16-,17?,20+/m0/s1. The molecule has 0 spiro atoms. The van der Waals surface area contributed by atoms with Gasteiger partial charge < -0.3 is 14.7 Å². The van der Waals surface area contributed by atoms with E-state index in [1.807, 2.05) is 18.2 Å². The van der Waals surface area contributed by atoms with E-state index in [-0.39, 0.29) is 23.0 Å². The minimum absolute atomic E-state index is 0.0657. The van der Waals surface area contributed by atoms with Crippen molar-refractivity contribution < 1.29 is 19.4 Å². The fraction of sp³-hybridized carbons (Fsp3) is 0.600. The third-order valence-corrected chi connectivity index (χ3v) is 7.17. The lowest BCUT2D eigenvalue weighted by atomic mass is 9.74. The molecule has 26 heavy (non-hydrogen) atoms. The van der Waals surface area contributed by atoms with E-state index in [9.17, 15) is 14.7 Å². The molecule has 2 heterocycles. The van der Waals surface area contributed by atoms with Crippen LogP contribution in [0.15, 0.2) is 30.3 Å². The van der Waals surface area contributed by atoms with Crippen molar-refractivity contribution in [2.75, 3.05) is 26.3 Å². The number of likely N-dealkylation sites (tertiary alicyclic amines) is 1. The van der Waals surface area contributed by atoms with Gasteiger partial charge in [0.1, 0.15) is 0 Å². The lowest BCUT2D eigenvalue weighted by molar-refractivity contribution is -0.157. The van der Waals surface area contributed by atoms with Crippen LogP contribution < -0.4 is 0 Å². The number of hydrogen-bond donors (Lipinski definition) is 1. The number of benzene rings is 1. The Balaban J connectivity index is 1.70. The zero-order valence-corrected chi connectivity index (χ0v) is 16.2. The first-order chi connectivity index (χ1) is 12.4. The van der Waals surface area contributed by atoms with E-state index >= 15 is 0 Å². The Morgan fingerprint density at radius 2 is 2.08 bits per heavy atom. The number of hydrogen-bond acceptors (Lipinski definition) is 4. The molecule has 2 aliphatic rings. The molecule has 0 bridgehead atoms. The van der Waals surface area contributed by atoms with E-state index in [0.717, 1.165) is 5.75 Å². The highest BCUT2D eigenvalue weighted by atomic mass is 32.2. The number of thioether (sulfide) groups is 1. The largest absolute Gasteiger partial charge is 0.481 e. The third kappa shape index (κ3) is 3.76. The highest BCUT2D eigenvalue weighted by Gasteiger charge is 2.55. The Morgan fingerprint density at radius 3 is 2.69 bits per heavy atom. The van der Waals surface area contributed by atoms with Gasteiger partial charge in [0.05, 0.1) is 17.3 Å². The van der Waals surface area contributed by atoms with Crippen LogP contribution in [-0.4, -0.2) is 53.4 Å². The Bertz CT molecular complexity index is 650. The van der Waals surface area contributed by atoms with Crippen LogP contribution in [-0.2, 0) is 20.1 Å². The Kier molecular flexibility index (Phi) is 5.92. The highest BCUT2D eigenvalue weighted by molar-refractivity contribution is 7.99. The summed E-state index contributed by atoms with van der Waals surface area (Å²) in [7, 11) is 0. The maximum absolute atomic E-state index is 13.2. The summed E-state index contributed by atoms with van der Waals surface area (Å²) in [6.45, 7) is 5.80. The molecular formula is C20H27NO4S.